The minimum atomic E-state index is -0.771. The molecule has 0 radical (unpaired) electrons. The van der Waals surface area contributed by atoms with E-state index in [0.29, 0.717) is 19.3 Å². The SMILES string of the molecule is CCCCC/C=C\C/C=C\CCCCCCCCCC(=O)OC(COC(=O)CCCCCCCCCCCCC)COC(=O)CCCCCCCCCCCCCCCCCCCCCCCCCC. The molecule has 0 N–H and O–H groups in total. The Bertz CT molecular complexity index is 1130. The van der Waals surface area contributed by atoms with Crippen molar-refractivity contribution in [2.75, 3.05) is 13.2 Å². The lowest BCUT2D eigenvalue weighted by atomic mass is 10.0. The number of ether oxygens (including phenoxy) is 3. The van der Waals surface area contributed by atoms with E-state index in [4.69, 9.17) is 14.2 Å². The highest BCUT2D eigenvalue weighted by Crippen LogP contribution is 2.18. The Labute approximate surface area is 436 Å². The summed E-state index contributed by atoms with van der Waals surface area (Å²) in [6, 6.07) is 0. The summed E-state index contributed by atoms with van der Waals surface area (Å²) < 4.78 is 16.9. The van der Waals surface area contributed by atoms with Gasteiger partial charge in [0.2, 0.25) is 0 Å². The van der Waals surface area contributed by atoms with Crippen molar-refractivity contribution < 1.29 is 28.6 Å². The molecule has 0 aliphatic heterocycles. The van der Waals surface area contributed by atoms with Crippen LogP contribution in [0.3, 0.4) is 0 Å². The summed E-state index contributed by atoms with van der Waals surface area (Å²) in [6.45, 7) is 6.66. The van der Waals surface area contributed by atoms with Crippen LogP contribution in [0.4, 0.5) is 0 Å². The third-order valence-corrected chi connectivity index (χ3v) is 14.2. The molecule has 0 aromatic rings. The second-order valence-corrected chi connectivity index (χ2v) is 21.3. The monoisotopic (exact) mass is 985 g/mol. The molecule has 0 aromatic carbocycles. The third kappa shape index (κ3) is 56.8. The lowest BCUT2D eigenvalue weighted by Gasteiger charge is -2.18. The van der Waals surface area contributed by atoms with Crippen LogP contribution in [-0.4, -0.2) is 37.2 Å². The number of esters is 3. The fraction of sp³-hybridized carbons (Fsp3) is 0.891. The molecule has 0 heterocycles. The molecule has 1 unspecified atom stereocenters. The zero-order chi connectivity index (χ0) is 50.7. The summed E-state index contributed by atoms with van der Waals surface area (Å²) in [5.41, 5.74) is 0. The van der Waals surface area contributed by atoms with E-state index in [-0.39, 0.29) is 31.1 Å². The van der Waals surface area contributed by atoms with Crippen LogP contribution in [0.1, 0.15) is 348 Å². The summed E-state index contributed by atoms with van der Waals surface area (Å²) in [4.78, 5) is 38.2. The van der Waals surface area contributed by atoms with Gasteiger partial charge in [-0.15, -0.1) is 0 Å². The van der Waals surface area contributed by atoms with Crippen LogP contribution >= 0.6 is 0 Å². The van der Waals surface area contributed by atoms with Crippen LogP contribution in [-0.2, 0) is 28.6 Å². The molecule has 6 heteroatoms. The number of rotatable bonds is 58. The van der Waals surface area contributed by atoms with Crippen molar-refractivity contribution in [1.82, 2.24) is 0 Å². The molecule has 0 aliphatic carbocycles. The molecule has 6 nitrogen and oxygen atoms in total. The number of hydrogen-bond acceptors (Lipinski definition) is 6. The number of carbonyl (C=O) groups is 3. The van der Waals surface area contributed by atoms with Crippen LogP contribution in [0.2, 0.25) is 0 Å². The van der Waals surface area contributed by atoms with Gasteiger partial charge in [-0.05, 0) is 51.4 Å². The van der Waals surface area contributed by atoms with Gasteiger partial charge >= 0.3 is 17.9 Å². The molecule has 0 rings (SSSR count). The molecule has 0 amide bonds. The van der Waals surface area contributed by atoms with Crippen molar-refractivity contribution in [3.05, 3.63) is 24.3 Å². The second kappa shape index (κ2) is 59.5. The standard InChI is InChI=1S/C64H120O6/c1-4-7-10-13-16-19-22-24-26-28-29-30-31-32-33-34-36-37-39-42-45-48-51-54-57-63(66)69-60-61(59-68-62(65)56-53-50-47-44-41-21-18-15-12-9-6-3)70-64(67)58-55-52-49-46-43-40-38-35-27-25-23-20-17-14-11-8-5-2/h17,20,25,27,61H,4-16,18-19,21-24,26,28-60H2,1-3H3/b20-17-,27-25-. The Morgan fingerprint density at radius 1 is 0.286 bits per heavy atom. The maximum Gasteiger partial charge on any atom is 0.306 e. The highest BCUT2D eigenvalue weighted by atomic mass is 16.6. The first kappa shape index (κ1) is 67.9. The molecular weight excluding hydrogens is 865 g/mol. The fourth-order valence-corrected chi connectivity index (χ4v) is 9.48. The topological polar surface area (TPSA) is 78.9 Å². The Hall–Kier alpha value is -2.11. The van der Waals surface area contributed by atoms with Gasteiger partial charge in [0.05, 0.1) is 0 Å². The average molecular weight is 986 g/mol. The molecule has 0 bridgehead atoms. The van der Waals surface area contributed by atoms with E-state index in [1.165, 1.54) is 238 Å². The highest BCUT2D eigenvalue weighted by molar-refractivity contribution is 5.71. The van der Waals surface area contributed by atoms with E-state index in [1.807, 2.05) is 0 Å². The maximum absolute atomic E-state index is 12.9. The van der Waals surface area contributed by atoms with Gasteiger partial charge in [-0.2, -0.15) is 0 Å². The summed E-state index contributed by atoms with van der Waals surface area (Å²) in [5.74, 6) is -0.853. The Balaban J connectivity index is 4.20. The lowest BCUT2D eigenvalue weighted by Crippen LogP contribution is -2.30. The highest BCUT2D eigenvalue weighted by Gasteiger charge is 2.19. The smallest absolute Gasteiger partial charge is 0.306 e. The number of carbonyl (C=O) groups excluding carboxylic acids is 3. The molecule has 0 fully saturated rings. The van der Waals surface area contributed by atoms with Gasteiger partial charge in [0.25, 0.3) is 0 Å². The van der Waals surface area contributed by atoms with Gasteiger partial charge in [0, 0.05) is 19.3 Å². The van der Waals surface area contributed by atoms with Crippen molar-refractivity contribution in [2.24, 2.45) is 0 Å². The van der Waals surface area contributed by atoms with Crippen molar-refractivity contribution >= 4 is 17.9 Å². The Morgan fingerprint density at radius 3 is 0.814 bits per heavy atom. The first-order valence-corrected chi connectivity index (χ1v) is 31.3. The first-order valence-electron chi connectivity index (χ1n) is 31.3. The van der Waals surface area contributed by atoms with Gasteiger partial charge < -0.3 is 14.2 Å². The minimum Gasteiger partial charge on any atom is -0.462 e. The van der Waals surface area contributed by atoms with E-state index >= 15 is 0 Å². The Morgan fingerprint density at radius 2 is 0.514 bits per heavy atom. The molecule has 1 atom stereocenters. The molecule has 0 aliphatic rings. The molecule has 0 saturated carbocycles. The predicted octanol–water partition coefficient (Wildman–Crippen LogP) is 21.1. The number of allylic oxidation sites excluding steroid dienone is 4. The summed E-state index contributed by atoms with van der Waals surface area (Å²) >= 11 is 0. The van der Waals surface area contributed by atoms with E-state index in [9.17, 15) is 14.4 Å². The van der Waals surface area contributed by atoms with Crippen LogP contribution in [0.15, 0.2) is 24.3 Å². The summed E-state index contributed by atoms with van der Waals surface area (Å²) in [5, 5.41) is 0. The van der Waals surface area contributed by atoms with Gasteiger partial charge in [-0.25, -0.2) is 0 Å². The van der Waals surface area contributed by atoms with Crippen molar-refractivity contribution in [3.63, 3.8) is 0 Å². The first-order chi connectivity index (χ1) is 34.5. The van der Waals surface area contributed by atoms with E-state index in [0.717, 1.165) is 70.6 Å². The maximum atomic E-state index is 12.9. The van der Waals surface area contributed by atoms with Crippen LogP contribution in [0.5, 0.6) is 0 Å². The summed E-state index contributed by atoms with van der Waals surface area (Å²) in [7, 11) is 0. The van der Waals surface area contributed by atoms with E-state index in [1.54, 1.807) is 0 Å². The average Bonchev–Trinajstić information content (AvgIpc) is 3.36. The predicted molar refractivity (Wildman–Crippen MR) is 303 cm³/mol. The van der Waals surface area contributed by atoms with Crippen molar-refractivity contribution in [2.45, 2.75) is 354 Å². The van der Waals surface area contributed by atoms with Gasteiger partial charge in [0.1, 0.15) is 13.2 Å². The van der Waals surface area contributed by atoms with Gasteiger partial charge in [0.15, 0.2) is 6.10 Å². The third-order valence-electron chi connectivity index (χ3n) is 14.2. The zero-order valence-corrected chi connectivity index (χ0v) is 47.3. The second-order valence-electron chi connectivity index (χ2n) is 21.3. The van der Waals surface area contributed by atoms with Crippen LogP contribution in [0, 0.1) is 0 Å². The minimum absolute atomic E-state index is 0.0688. The molecule has 0 spiro atoms. The van der Waals surface area contributed by atoms with Gasteiger partial charge in [-0.3, -0.25) is 14.4 Å². The quantitative estimate of drug-likeness (QED) is 0.0261. The van der Waals surface area contributed by atoms with E-state index < -0.39 is 6.10 Å². The number of hydrogen-bond donors (Lipinski definition) is 0. The fourth-order valence-electron chi connectivity index (χ4n) is 9.48. The number of unbranched alkanes of at least 4 members (excludes halogenated alkanes) is 43. The zero-order valence-electron chi connectivity index (χ0n) is 47.3. The molecule has 412 valence electrons. The molecule has 70 heavy (non-hydrogen) atoms. The van der Waals surface area contributed by atoms with Crippen molar-refractivity contribution in [1.29, 1.82) is 0 Å². The van der Waals surface area contributed by atoms with Gasteiger partial charge in [-0.1, -0.05) is 302 Å². The normalized spacial score (nSPS) is 12.1. The Kier molecular flexibility index (Phi) is 57.7. The van der Waals surface area contributed by atoms with E-state index in [2.05, 4.69) is 45.1 Å². The van der Waals surface area contributed by atoms with Crippen molar-refractivity contribution in [3.8, 4) is 0 Å². The lowest BCUT2D eigenvalue weighted by molar-refractivity contribution is -0.167. The van der Waals surface area contributed by atoms with Crippen LogP contribution < -0.4 is 0 Å². The van der Waals surface area contributed by atoms with Crippen LogP contribution in [0.25, 0.3) is 0 Å². The molecular formula is C64H120O6. The molecule has 0 saturated heterocycles. The summed E-state index contributed by atoms with van der Waals surface area (Å²) in [6.07, 6.45) is 70.4. The largest absolute Gasteiger partial charge is 0.462 e. The molecule has 0 aromatic heterocycles.